The molecule has 4 aliphatic heterocycles. The van der Waals surface area contributed by atoms with Crippen LogP contribution in [0, 0.1) is 0 Å². The van der Waals surface area contributed by atoms with Crippen LogP contribution in [0.4, 0.5) is 68.2 Å². The molecule has 16 aromatic carbocycles. The van der Waals surface area contributed by atoms with Gasteiger partial charge < -0.3 is 28.7 Å². The number of para-hydroxylation sites is 4. The van der Waals surface area contributed by atoms with E-state index in [0.717, 1.165) is 63.3 Å². The zero-order chi connectivity index (χ0) is 93.1. The van der Waals surface area contributed by atoms with Crippen LogP contribution in [0.5, 0.6) is 0 Å². The van der Waals surface area contributed by atoms with Crippen molar-refractivity contribution in [3.05, 3.63) is 407 Å². The van der Waals surface area contributed by atoms with Crippen molar-refractivity contribution in [2.45, 2.75) is 195 Å². The minimum Gasteiger partial charge on any atom is -0.311 e. The number of nitrogens with zero attached hydrogens (tertiary/aromatic N) is 6. The monoisotopic (exact) mass is 1740 g/mol. The van der Waals surface area contributed by atoms with Gasteiger partial charge in [-0.3, -0.25) is 0 Å². The lowest BCUT2D eigenvalue weighted by atomic mass is 9.30. The fourth-order valence-corrected chi connectivity index (χ4v) is 23.2. The lowest BCUT2D eigenvalue weighted by molar-refractivity contribution is 0.522. The van der Waals surface area contributed by atoms with Crippen molar-refractivity contribution < 1.29 is 0 Å². The van der Waals surface area contributed by atoms with Gasteiger partial charge in [0, 0.05) is 101 Å². The normalized spacial score (nSPS) is 14.4. The van der Waals surface area contributed by atoms with Crippen molar-refractivity contribution in [3.63, 3.8) is 0 Å². The average Bonchev–Trinajstić information content (AvgIpc) is 1.24. The summed E-state index contributed by atoms with van der Waals surface area (Å²) in [5, 5.41) is 4.99. The first-order valence-electron chi connectivity index (χ1n) is 48.6. The van der Waals surface area contributed by atoms with Crippen molar-refractivity contribution in [1.29, 1.82) is 0 Å². The minimum atomic E-state index is -0.404. The van der Waals surface area contributed by atoms with Crippen LogP contribution in [0.2, 0.25) is 0 Å². The molecule has 6 heterocycles. The highest BCUT2D eigenvalue weighted by atomic mass is 15.2. The molecule has 8 heteroatoms. The summed E-state index contributed by atoms with van der Waals surface area (Å²) < 4.78 is 5.10. The number of benzene rings is 16. The summed E-state index contributed by atoms with van der Waals surface area (Å²) >= 11 is 0. The SMILES string of the molecule is CC(C)(C)c1ccc(N(c2ccc(C(C)(C)C)cc2)c2ccc3c(c2)C(C)(C)c2cc(C(C)(C)C)cc4c2B3c2ccc3c(c2N4c2ccccc2)c2cc(C(C)(C)C)ccc2n3-c2ccc(C(C)(C)Cc3cccc(N4c5cccc6c5B(c5ccc(N(c7ccccc7)c7ccccc7)cc5C6(C)C)c5ccc6c(c54)c4ccccc4n6-c4ccc(C(C)(C)C)cc4)c3)cc2)cc1. The molecule has 0 N–H and O–H groups in total. The molecule has 6 nitrogen and oxygen atoms in total. The van der Waals surface area contributed by atoms with Gasteiger partial charge >= 0.3 is 0 Å². The van der Waals surface area contributed by atoms with Crippen LogP contribution in [0.3, 0.4) is 0 Å². The molecule has 0 fully saturated rings. The van der Waals surface area contributed by atoms with Crippen molar-refractivity contribution >= 4 is 158 Å². The Kier molecular flexibility index (Phi) is 19.7. The quantitative estimate of drug-likeness (QED) is 0.107. The maximum Gasteiger partial charge on any atom is 0.247 e. The summed E-state index contributed by atoms with van der Waals surface area (Å²) in [6, 6.07) is 134. The molecule has 0 amide bonds. The highest BCUT2D eigenvalue weighted by Gasteiger charge is 2.51. The molecule has 0 saturated heterocycles. The van der Waals surface area contributed by atoms with Crippen LogP contribution in [0.25, 0.3) is 55.0 Å². The van der Waals surface area contributed by atoms with E-state index in [1.54, 1.807) is 0 Å². The van der Waals surface area contributed by atoms with Gasteiger partial charge in [-0.2, -0.15) is 0 Å². The third-order valence-electron chi connectivity index (χ3n) is 30.5. The Bertz CT molecular complexity index is 7630. The fraction of sp³-hybridized carbons (Fsp3) is 0.238. The van der Waals surface area contributed by atoms with E-state index in [1.165, 1.54) is 160 Å². The lowest BCUT2D eigenvalue weighted by Crippen LogP contribution is -2.64. The first kappa shape index (κ1) is 85.9. The van der Waals surface area contributed by atoms with Crippen LogP contribution in [-0.2, 0) is 49.7 Å². The molecule has 134 heavy (non-hydrogen) atoms. The van der Waals surface area contributed by atoms with E-state index >= 15 is 0 Å². The molecule has 0 atom stereocenters. The van der Waals surface area contributed by atoms with Gasteiger partial charge in [0.1, 0.15) is 0 Å². The molecule has 0 bridgehead atoms. The second kappa shape index (κ2) is 30.8. The number of aromatic nitrogens is 2. The largest absolute Gasteiger partial charge is 0.311 e. The Hall–Kier alpha value is -13.6. The zero-order valence-electron chi connectivity index (χ0n) is 82.0. The molecule has 2 aromatic heterocycles. The summed E-state index contributed by atoms with van der Waals surface area (Å²) in [5.74, 6) is 0. The Morgan fingerprint density at radius 3 is 1.15 bits per heavy atom. The average molecular weight is 1740 g/mol. The van der Waals surface area contributed by atoms with Crippen LogP contribution in [-0.4, -0.2) is 22.6 Å². The van der Waals surface area contributed by atoms with E-state index in [4.69, 9.17) is 0 Å². The molecular weight excluding hydrogens is 1620 g/mol. The van der Waals surface area contributed by atoms with Gasteiger partial charge in [0.25, 0.3) is 0 Å². The molecule has 0 spiro atoms. The molecule has 4 aliphatic rings. The van der Waals surface area contributed by atoms with Gasteiger partial charge in [-0.05, 0) is 286 Å². The number of fused-ring (bicyclic) bond motifs is 16. The summed E-state index contributed by atoms with van der Waals surface area (Å²) in [4.78, 5) is 10.3. The zero-order valence-corrected chi connectivity index (χ0v) is 82.0. The van der Waals surface area contributed by atoms with Gasteiger partial charge in [0.15, 0.2) is 0 Å². The van der Waals surface area contributed by atoms with E-state index in [9.17, 15) is 0 Å². The van der Waals surface area contributed by atoms with E-state index in [1.807, 2.05) is 0 Å². The van der Waals surface area contributed by atoms with Gasteiger partial charge in [-0.15, -0.1) is 0 Å². The highest BCUT2D eigenvalue weighted by Crippen LogP contribution is 2.54. The topological polar surface area (TPSA) is 22.8 Å². The Labute approximate surface area is 794 Å². The standard InChI is InChI=1S/C126H122B2N6/c1-119(2,3)81-47-56-90(57-48-81)130(91-58-49-82(50-59-91)120(4,5)6)96-65-67-104-101(78-96)126(20,21)102-75-86(123(13,14)15)76-112-116(102)128(104)106-69-72-110-114(118(106)133(112)89-40-29-24-30-41-89)98-74-85(122(10,11)12)55-70-108(98)132(110)93-62-53-84(54-63-93)124(16,17)79-80-35-33-42-94(73-80)134-111-46-34-44-99-115(111)127(103-66-64-95(77-100(103)125(99,18)19)129(87-36-25-22-26-37-87)88-38-27-23-28-39-88)105-68-71-109-113(117(105)134)97-43-31-32-45-107(97)131(109)92-60-51-83(52-61-92)121(7,8)9/h22-78H,79H2,1-21H3. The predicted molar refractivity (Wildman–Crippen MR) is 577 cm³/mol. The van der Waals surface area contributed by atoms with Crippen molar-refractivity contribution in [3.8, 4) is 11.4 Å². The third kappa shape index (κ3) is 13.9. The maximum absolute atomic E-state index is 2.68. The fourth-order valence-electron chi connectivity index (χ4n) is 23.2. The van der Waals surface area contributed by atoms with E-state index in [2.05, 4.69) is 520 Å². The third-order valence-corrected chi connectivity index (χ3v) is 30.5. The van der Waals surface area contributed by atoms with Crippen LogP contribution in [0.1, 0.15) is 207 Å². The van der Waals surface area contributed by atoms with Crippen LogP contribution in [0.15, 0.2) is 346 Å². The molecule has 18 aromatic rings. The Morgan fingerprint density at radius 2 is 0.642 bits per heavy atom. The molecule has 0 radical (unpaired) electrons. The van der Waals surface area contributed by atoms with Crippen molar-refractivity contribution in [2.24, 2.45) is 0 Å². The van der Waals surface area contributed by atoms with Crippen molar-refractivity contribution in [1.82, 2.24) is 9.13 Å². The van der Waals surface area contributed by atoms with Gasteiger partial charge in [-0.25, -0.2) is 0 Å². The summed E-state index contributed by atoms with van der Waals surface area (Å²) in [6.45, 7) is 49.7. The van der Waals surface area contributed by atoms with E-state index in [0.29, 0.717) is 0 Å². The summed E-state index contributed by atoms with van der Waals surface area (Å²) in [6.07, 6.45) is 0.806. The molecular formula is C126H122B2N6. The number of hydrogen-bond acceptors (Lipinski definition) is 4. The molecule has 0 unspecified atom stereocenters. The predicted octanol–water partition coefficient (Wildman–Crippen LogP) is 29.7. The maximum atomic E-state index is 2.68. The van der Waals surface area contributed by atoms with Crippen LogP contribution < -0.4 is 52.4 Å². The Morgan fingerprint density at radius 1 is 0.254 bits per heavy atom. The molecule has 0 aliphatic carbocycles. The smallest absolute Gasteiger partial charge is 0.247 e. The second-order valence-corrected chi connectivity index (χ2v) is 45.6. The van der Waals surface area contributed by atoms with Gasteiger partial charge in [0.2, 0.25) is 13.4 Å². The Balaban J connectivity index is 0.678. The van der Waals surface area contributed by atoms with Crippen LogP contribution >= 0.6 is 0 Å². The lowest BCUT2D eigenvalue weighted by Gasteiger charge is -2.47. The second-order valence-electron chi connectivity index (χ2n) is 45.6. The van der Waals surface area contributed by atoms with E-state index < -0.39 is 5.41 Å². The minimum absolute atomic E-state index is 0.00858. The number of anilines is 12. The highest BCUT2D eigenvalue weighted by molar-refractivity contribution is 7.00. The molecule has 22 rings (SSSR count). The number of hydrogen-bond donors (Lipinski definition) is 0. The summed E-state index contributed by atoms with van der Waals surface area (Å²) in [7, 11) is 0. The summed E-state index contributed by atoms with van der Waals surface area (Å²) in [5.41, 5.74) is 42.4. The first-order chi connectivity index (χ1) is 63.9. The van der Waals surface area contributed by atoms with Gasteiger partial charge in [0.05, 0.1) is 33.4 Å². The number of rotatable bonds is 13. The van der Waals surface area contributed by atoms with Crippen molar-refractivity contribution in [2.75, 3.05) is 19.6 Å². The van der Waals surface area contributed by atoms with Gasteiger partial charge in [-0.1, -0.05) is 338 Å². The molecule has 662 valence electrons. The molecule has 0 saturated carbocycles. The first-order valence-corrected chi connectivity index (χ1v) is 48.6. The van der Waals surface area contributed by atoms with E-state index in [-0.39, 0.29) is 51.3 Å².